The fraction of sp³-hybridized carbons (Fsp3) is 0.350. The second-order valence-corrected chi connectivity index (χ2v) is 6.64. The average molecular weight is 394 g/mol. The SMILES string of the molecule is Cc1ccc(O)c(C(=O)NCc2ccc(N3CCOCC3)cc2C(F)(F)F)c1. The number of carbonyl (C=O) groups is 1. The van der Waals surface area contributed by atoms with Crippen LogP contribution in [0.3, 0.4) is 0 Å². The van der Waals surface area contributed by atoms with Gasteiger partial charge in [-0.3, -0.25) is 4.79 Å². The molecule has 150 valence electrons. The second kappa shape index (κ2) is 8.10. The predicted octanol–water partition coefficient (Wildman–Crippen LogP) is 3.49. The van der Waals surface area contributed by atoms with Crippen LogP contribution in [0.1, 0.15) is 27.0 Å². The van der Waals surface area contributed by atoms with Crippen molar-refractivity contribution in [1.29, 1.82) is 0 Å². The molecule has 8 heteroatoms. The number of rotatable bonds is 4. The summed E-state index contributed by atoms with van der Waals surface area (Å²) in [6, 6.07) is 8.60. The number of ether oxygens (including phenoxy) is 1. The van der Waals surface area contributed by atoms with Gasteiger partial charge in [0, 0.05) is 25.3 Å². The molecule has 2 aromatic carbocycles. The van der Waals surface area contributed by atoms with Crippen molar-refractivity contribution >= 4 is 11.6 Å². The Morgan fingerprint density at radius 1 is 1.18 bits per heavy atom. The van der Waals surface area contributed by atoms with E-state index in [9.17, 15) is 23.1 Å². The van der Waals surface area contributed by atoms with E-state index in [4.69, 9.17) is 4.74 Å². The molecule has 0 bridgehead atoms. The van der Waals surface area contributed by atoms with Gasteiger partial charge in [-0.15, -0.1) is 0 Å². The minimum absolute atomic E-state index is 0.0264. The summed E-state index contributed by atoms with van der Waals surface area (Å²) in [7, 11) is 0. The zero-order valence-corrected chi connectivity index (χ0v) is 15.3. The molecule has 1 saturated heterocycles. The third-order valence-corrected chi connectivity index (χ3v) is 4.61. The normalized spacial score (nSPS) is 14.8. The van der Waals surface area contributed by atoms with Crippen LogP contribution in [-0.2, 0) is 17.5 Å². The zero-order valence-electron chi connectivity index (χ0n) is 15.3. The van der Waals surface area contributed by atoms with Gasteiger partial charge in [-0.1, -0.05) is 17.7 Å². The minimum atomic E-state index is -4.55. The number of nitrogens with one attached hydrogen (secondary N) is 1. The van der Waals surface area contributed by atoms with Crippen molar-refractivity contribution in [3.05, 3.63) is 58.7 Å². The molecule has 1 fully saturated rings. The molecule has 3 rings (SSSR count). The van der Waals surface area contributed by atoms with Gasteiger partial charge in [-0.2, -0.15) is 13.2 Å². The van der Waals surface area contributed by atoms with Crippen molar-refractivity contribution < 1.29 is 27.8 Å². The average Bonchev–Trinajstić information content (AvgIpc) is 2.68. The number of phenolic OH excluding ortho intramolecular Hbond substituents is 1. The summed E-state index contributed by atoms with van der Waals surface area (Å²) in [4.78, 5) is 14.1. The van der Waals surface area contributed by atoms with Crippen LogP contribution in [-0.4, -0.2) is 37.3 Å². The van der Waals surface area contributed by atoms with E-state index in [-0.39, 0.29) is 23.4 Å². The van der Waals surface area contributed by atoms with E-state index in [0.29, 0.717) is 32.0 Å². The highest BCUT2D eigenvalue weighted by atomic mass is 19.4. The molecular weight excluding hydrogens is 373 g/mol. The molecule has 1 heterocycles. The Kier molecular flexibility index (Phi) is 5.79. The summed E-state index contributed by atoms with van der Waals surface area (Å²) < 4.78 is 45.9. The number of hydrogen-bond acceptors (Lipinski definition) is 4. The number of alkyl halides is 3. The Bertz CT molecular complexity index is 862. The monoisotopic (exact) mass is 394 g/mol. The summed E-state index contributed by atoms with van der Waals surface area (Å²) in [6.45, 7) is 3.45. The maximum Gasteiger partial charge on any atom is 0.416 e. The molecule has 0 atom stereocenters. The summed E-state index contributed by atoms with van der Waals surface area (Å²) in [5, 5.41) is 12.3. The van der Waals surface area contributed by atoms with Crippen LogP contribution in [0.2, 0.25) is 0 Å². The first-order chi connectivity index (χ1) is 13.3. The van der Waals surface area contributed by atoms with E-state index in [1.54, 1.807) is 19.1 Å². The van der Waals surface area contributed by atoms with Crippen molar-refractivity contribution in [2.24, 2.45) is 0 Å². The third kappa shape index (κ3) is 4.56. The van der Waals surface area contributed by atoms with Crippen molar-refractivity contribution in [2.75, 3.05) is 31.2 Å². The topological polar surface area (TPSA) is 61.8 Å². The van der Waals surface area contributed by atoms with Gasteiger partial charge in [0.1, 0.15) is 5.75 Å². The van der Waals surface area contributed by atoms with Crippen LogP contribution in [0.4, 0.5) is 18.9 Å². The molecule has 2 aromatic rings. The largest absolute Gasteiger partial charge is 0.507 e. The van der Waals surface area contributed by atoms with Gasteiger partial charge >= 0.3 is 6.18 Å². The van der Waals surface area contributed by atoms with Gasteiger partial charge in [0.25, 0.3) is 5.91 Å². The van der Waals surface area contributed by atoms with Crippen LogP contribution >= 0.6 is 0 Å². The van der Waals surface area contributed by atoms with Crippen LogP contribution in [0.15, 0.2) is 36.4 Å². The lowest BCUT2D eigenvalue weighted by atomic mass is 10.0. The number of hydrogen-bond donors (Lipinski definition) is 2. The van der Waals surface area contributed by atoms with Gasteiger partial charge < -0.3 is 20.1 Å². The summed E-state index contributed by atoms with van der Waals surface area (Å²) in [6.07, 6.45) is -4.55. The van der Waals surface area contributed by atoms with E-state index >= 15 is 0 Å². The van der Waals surface area contributed by atoms with Crippen molar-refractivity contribution in [3.8, 4) is 5.75 Å². The van der Waals surface area contributed by atoms with E-state index in [1.807, 2.05) is 4.90 Å². The lowest BCUT2D eigenvalue weighted by Crippen LogP contribution is -2.36. The third-order valence-electron chi connectivity index (χ3n) is 4.61. The molecule has 0 aliphatic carbocycles. The molecule has 2 N–H and O–H groups in total. The molecule has 5 nitrogen and oxygen atoms in total. The number of morpholine rings is 1. The van der Waals surface area contributed by atoms with Crippen LogP contribution in [0.5, 0.6) is 5.75 Å². The Labute approximate surface area is 160 Å². The maximum atomic E-state index is 13.6. The van der Waals surface area contributed by atoms with Crippen LogP contribution in [0, 0.1) is 6.92 Å². The lowest BCUT2D eigenvalue weighted by Gasteiger charge is -2.29. The number of nitrogens with zero attached hydrogens (tertiary/aromatic N) is 1. The molecule has 0 aromatic heterocycles. The van der Waals surface area contributed by atoms with Gasteiger partial charge in [-0.25, -0.2) is 0 Å². The molecule has 1 amide bonds. The Morgan fingerprint density at radius 3 is 2.57 bits per heavy atom. The maximum absolute atomic E-state index is 13.6. The number of halogens is 3. The Hall–Kier alpha value is -2.74. The summed E-state index contributed by atoms with van der Waals surface area (Å²) in [5.41, 5.74) is 0.435. The first-order valence-electron chi connectivity index (χ1n) is 8.86. The predicted molar refractivity (Wildman–Crippen MR) is 98.5 cm³/mol. The molecule has 28 heavy (non-hydrogen) atoms. The van der Waals surface area contributed by atoms with E-state index in [2.05, 4.69) is 5.32 Å². The highest BCUT2D eigenvalue weighted by molar-refractivity contribution is 5.96. The molecule has 0 radical (unpaired) electrons. The number of carbonyl (C=O) groups excluding carboxylic acids is 1. The van der Waals surface area contributed by atoms with Gasteiger partial charge in [0.05, 0.1) is 24.3 Å². The van der Waals surface area contributed by atoms with Crippen molar-refractivity contribution in [3.63, 3.8) is 0 Å². The first-order valence-corrected chi connectivity index (χ1v) is 8.86. The van der Waals surface area contributed by atoms with E-state index in [1.165, 1.54) is 18.2 Å². The smallest absolute Gasteiger partial charge is 0.416 e. The van der Waals surface area contributed by atoms with Gasteiger partial charge in [0.2, 0.25) is 0 Å². The first kappa shape index (κ1) is 20.0. The number of aryl methyl sites for hydroxylation is 1. The Balaban J connectivity index is 1.80. The highest BCUT2D eigenvalue weighted by Crippen LogP contribution is 2.35. The minimum Gasteiger partial charge on any atom is -0.507 e. The fourth-order valence-electron chi connectivity index (χ4n) is 3.10. The highest BCUT2D eigenvalue weighted by Gasteiger charge is 2.34. The number of anilines is 1. The molecule has 1 aliphatic heterocycles. The van der Waals surface area contributed by atoms with Gasteiger partial charge in [-0.05, 0) is 36.8 Å². The lowest BCUT2D eigenvalue weighted by molar-refractivity contribution is -0.138. The van der Waals surface area contributed by atoms with Crippen LogP contribution in [0.25, 0.3) is 0 Å². The zero-order chi connectivity index (χ0) is 20.3. The standard InChI is InChI=1S/C20H21F3N2O3/c1-13-2-5-18(26)16(10-13)19(27)24-12-14-3-4-15(11-17(14)20(21,22)23)25-6-8-28-9-7-25/h2-5,10-11,26H,6-9,12H2,1H3,(H,24,27). The molecular formula is C20H21F3N2O3. The fourth-order valence-corrected chi connectivity index (χ4v) is 3.10. The molecule has 0 spiro atoms. The second-order valence-electron chi connectivity index (χ2n) is 6.64. The summed E-state index contributed by atoms with van der Waals surface area (Å²) >= 11 is 0. The summed E-state index contributed by atoms with van der Waals surface area (Å²) in [5.74, 6) is -0.853. The number of phenols is 1. The van der Waals surface area contributed by atoms with Gasteiger partial charge in [0.15, 0.2) is 0 Å². The van der Waals surface area contributed by atoms with Crippen LogP contribution < -0.4 is 10.2 Å². The number of benzene rings is 2. The quantitative estimate of drug-likeness (QED) is 0.834. The van der Waals surface area contributed by atoms with Crippen molar-refractivity contribution in [1.82, 2.24) is 5.32 Å². The molecule has 0 saturated carbocycles. The van der Waals surface area contributed by atoms with E-state index < -0.39 is 17.6 Å². The number of aromatic hydroxyl groups is 1. The van der Waals surface area contributed by atoms with E-state index in [0.717, 1.165) is 11.6 Å². The molecule has 0 unspecified atom stereocenters. The van der Waals surface area contributed by atoms with Crippen molar-refractivity contribution in [2.45, 2.75) is 19.6 Å². The number of amides is 1. The Morgan fingerprint density at radius 2 is 1.89 bits per heavy atom. The molecule has 1 aliphatic rings.